The van der Waals surface area contributed by atoms with Gasteiger partial charge in [-0.2, -0.15) is 0 Å². The molecule has 8 heteroatoms. The number of fused-ring (bicyclic) bond motifs is 1. The fourth-order valence-corrected chi connectivity index (χ4v) is 5.48. The zero-order valence-electron chi connectivity index (χ0n) is 15.6. The maximum atomic E-state index is 13.4. The second kappa shape index (κ2) is 7.20. The molecule has 146 valence electrons. The van der Waals surface area contributed by atoms with Crippen LogP contribution in [-0.4, -0.2) is 32.1 Å². The molecule has 1 atom stereocenters. The molecule has 0 N–H and O–H groups in total. The molecule has 29 heavy (non-hydrogen) atoms. The SMILES string of the molecule is Cc1nc(C(=O)N2CCc3sccc3[C@H]2c2cccs2)nn1-c1ccc(F)cc1. The minimum atomic E-state index is -0.318. The van der Waals surface area contributed by atoms with Gasteiger partial charge in [0.25, 0.3) is 5.91 Å². The lowest BCUT2D eigenvalue weighted by Gasteiger charge is -2.34. The number of amides is 1. The maximum absolute atomic E-state index is 13.4. The van der Waals surface area contributed by atoms with Crippen LogP contribution in [0.4, 0.5) is 4.39 Å². The molecule has 0 unspecified atom stereocenters. The zero-order chi connectivity index (χ0) is 20.0. The van der Waals surface area contributed by atoms with Crippen LogP contribution in [0.3, 0.4) is 0 Å². The summed E-state index contributed by atoms with van der Waals surface area (Å²) in [6, 6.07) is 12.1. The zero-order valence-corrected chi connectivity index (χ0v) is 17.2. The van der Waals surface area contributed by atoms with Gasteiger partial charge in [-0.25, -0.2) is 14.1 Å². The van der Waals surface area contributed by atoms with E-state index in [1.807, 2.05) is 16.3 Å². The Balaban J connectivity index is 1.52. The Labute approximate surface area is 175 Å². The summed E-state index contributed by atoms with van der Waals surface area (Å²) in [5.74, 6) is 0.235. The van der Waals surface area contributed by atoms with Crippen molar-refractivity contribution in [3.63, 3.8) is 0 Å². The monoisotopic (exact) mass is 424 g/mol. The number of nitrogens with zero attached hydrogens (tertiary/aromatic N) is 4. The van der Waals surface area contributed by atoms with Crippen LogP contribution >= 0.6 is 22.7 Å². The molecule has 1 amide bonds. The van der Waals surface area contributed by atoms with Gasteiger partial charge in [-0.3, -0.25) is 4.79 Å². The third-order valence-corrected chi connectivity index (χ3v) is 6.99. The van der Waals surface area contributed by atoms with Crippen LogP contribution in [-0.2, 0) is 6.42 Å². The Morgan fingerprint density at radius 2 is 1.97 bits per heavy atom. The lowest BCUT2D eigenvalue weighted by atomic mass is 9.98. The van der Waals surface area contributed by atoms with Gasteiger partial charge in [0.2, 0.25) is 5.82 Å². The van der Waals surface area contributed by atoms with E-state index < -0.39 is 0 Å². The van der Waals surface area contributed by atoms with Gasteiger partial charge in [0.1, 0.15) is 11.6 Å². The van der Waals surface area contributed by atoms with E-state index in [9.17, 15) is 9.18 Å². The Morgan fingerprint density at radius 3 is 2.72 bits per heavy atom. The maximum Gasteiger partial charge on any atom is 0.294 e. The molecule has 0 saturated carbocycles. The fourth-order valence-electron chi connectivity index (χ4n) is 3.72. The van der Waals surface area contributed by atoms with Gasteiger partial charge in [-0.1, -0.05) is 6.07 Å². The van der Waals surface area contributed by atoms with E-state index in [4.69, 9.17) is 0 Å². The lowest BCUT2D eigenvalue weighted by molar-refractivity contribution is 0.0686. The Kier molecular flexibility index (Phi) is 4.52. The molecule has 4 heterocycles. The molecule has 1 aliphatic rings. The van der Waals surface area contributed by atoms with Crippen molar-refractivity contribution in [2.75, 3.05) is 6.54 Å². The first-order valence-electron chi connectivity index (χ1n) is 9.22. The molecule has 1 aliphatic heterocycles. The van der Waals surface area contributed by atoms with Crippen molar-refractivity contribution in [2.45, 2.75) is 19.4 Å². The fraction of sp³-hybridized carbons (Fsp3) is 0.190. The van der Waals surface area contributed by atoms with E-state index in [0.717, 1.165) is 11.3 Å². The summed E-state index contributed by atoms with van der Waals surface area (Å²) in [6.07, 6.45) is 0.832. The minimum absolute atomic E-state index is 0.115. The number of hydrogen-bond acceptors (Lipinski definition) is 5. The number of carbonyl (C=O) groups is 1. The number of aromatic nitrogens is 3. The minimum Gasteiger partial charge on any atom is -0.323 e. The second-order valence-corrected chi connectivity index (χ2v) is 8.82. The van der Waals surface area contributed by atoms with Crippen molar-refractivity contribution in [2.24, 2.45) is 0 Å². The first-order valence-corrected chi connectivity index (χ1v) is 11.0. The van der Waals surface area contributed by atoms with Crippen LogP contribution in [0.15, 0.2) is 53.2 Å². The van der Waals surface area contributed by atoms with Gasteiger partial charge in [-0.05, 0) is 66.1 Å². The number of rotatable bonds is 3. The number of benzene rings is 1. The number of carbonyl (C=O) groups excluding carboxylic acids is 1. The molecule has 5 nitrogen and oxygen atoms in total. The van der Waals surface area contributed by atoms with E-state index in [-0.39, 0.29) is 23.6 Å². The highest BCUT2D eigenvalue weighted by Gasteiger charge is 2.35. The van der Waals surface area contributed by atoms with Crippen LogP contribution in [0, 0.1) is 12.7 Å². The van der Waals surface area contributed by atoms with E-state index in [0.29, 0.717) is 18.1 Å². The molecule has 0 radical (unpaired) electrons. The number of halogens is 1. The van der Waals surface area contributed by atoms with Gasteiger partial charge in [0.05, 0.1) is 11.7 Å². The van der Waals surface area contributed by atoms with Crippen LogP contribution in [0.2, 0.25) is 0 Å². The van der Waals surface area contributed by atoms with E-state index in [2.05, 4.69) is 27.6 Å². The second-order valence-electron chi connectivity index (χ2n) is 6.84. The quantitative estimate of drug-likeness (QED) is 0.482. The van der Waals surface area contributed by atoms with Gasteiger partial charge in [0.15, 0.2) is 0 Å². The van der Waals surface area contributed by atoms with Crippen LogP contribution < -0.4 is 0 Å². The summed E-state index contributed by atoms with van der Waals surface area (Å²) in [5.41, 5.74) is 1.86. The number of hydrogen-bond donors (Lipinski definition) is 0. The highest BCUT2D eigenvalue weighted by molar-refractivity contribution is 7.10. The Morgan fingerprint density at radius 1 is 1.14 bits per heavy atom. The summed E-state index contributed by atoms with van der Waals surface area (Å²) in [4.78, 5) is 22.2. The van der Waals surface area contributed by atoms with E-state index in [1.165, 1.54) is 22.6 Å². The molecule has 3 aromatic heterocycles. The van der Waals surface area contributed by atoms with E-state index >= 15 is 0 Å². The van der Waals surface area contributed by atoms with Gasteiger partial charge in [0, 0.05) is 16.3 Å². The Hall–Kier alpha value is -2.84. The molecule has 0 saturated heterocycles. The summed E-state index contributed by atoms with van der Waals surface area (Å²) < 4.78 is 14.8. The van der Waals surface area contributed by atoms with Crippen molar-refractivity contribution in [1.29, 1.82) is 0 Å². The molecule has 0 spiro atoms. The smallest absolute Gasteiger partial charge is 0.294 e. The average molecular weight is 425 g/mol. The summed E-state index contributed by atoms with van der Waals surface area (Å²) >= 11 is 3.39. The third kappa shape index (κ3) is 3.18. The molecule has 5 rings (SSSR count). The van der Waals surface area contributed by atoms with Crippen molar-refractivity contribution in [1.82, 2.24) is 19.7 Å². The molecule has 1 aromatic carbocycles. The van der Waals surface area contributed by atoms with Gasteiger partial charge < -0.3 is 4.90 Å². The summed E-state index contributed by atoms with van der Waals surface area (Å²) in [6.45, 7) is 2.41. The topological polar surface area (TPSA) is 51.0 Å². The summed E-state index contributed by atoms with van der Waals surface area (Å²) in [7, 11) is 0. The largest absolute Gasteiger partial charge is 0.323 e. The van der Waals surface area contributed by atoms with Crippen molar-refractivity contribution >= 4 is 28.6 Å². The molecule has 0 bridgehead atoms. The lowest BCUT2D eigenvalue weighted by Crippen LogP contribution is -2.40. The Bertz CT molecular complexity index is 1160. The number of aryl methyl sites for hydroxylation is 1. The van der Waals surface area contributed by atoms with Crippen molar-refractivity contribution in [3.8, 4) is 5.69 Å². The van der Waals surface area contributed by atoms with Crippen molar-refractivity contribution < 1.29 is 9.18 Å². The van der Waals surface area contributed by atoms with Crippen LogP contribution in [0.1, 0.15) is 37.8 Å². The van der Waals surface area contributed by atoms with E-state index in [1.54, 1.807) is 46.4 Å². The van der Waals surface area contributed by atoms with Crippen LogP contribution in [0.5, 0.6) is 0 Å². The molecular formula is C21H17FN4OS2. The molecule has 0 fully saturated rings. The molecule has 0 aliphatic carbocycles. The summed E-state index contributed by atoms with van der Waals surface area (Å²) in [5, 5.41) is 8.56. The third-order valence-electron chi connectivity index (χ3n) is 5.07. The number of thiophene rings is 2. The highest BCUT2D eigenvalue weighted by Crippen LogP contribution is 2.39. The highest BCUT2D eigenvalue weighted by atomic mass is 32.1. The van der Waals surface area contributed by atoms with Gasteiger partial charge >= 0.3 is 0 Å². The van der Waals surface area contributed by atoms with Gasteiger partial charge in [-0.15, -0.1) is 27.8 Å². The molecule has 4 aromatic rings. The first-order chi connectivity index (χ1) is 14.1. The normalized spacial score (nSPS) is 16.1. The predicted octanol–water partition coefficient (Wildman–Crippen LogP) is 4.63. The van der Waals surface area contributed by atoms with Crippen molar-refractivity contribution in [3.05, 3.63) is 86.0 Å². The van der Waals surface area contributed by atoms with Crippen LogP contribution in [0.25, 0.3) is 5.69 Å². The standard InChI is InChI=1S/C21H17FN4OS2/c1-13-23-20(24-26(13)15-6-4-14(22)5-7-15)21(27)25-10-8-17-16(9-12-29-17)19(25)18-3-2-11-28-18/h2-7,9,11-12,19H,8,10H2,1H3/t19-/m0/s1. The average Bonchev–Trinajstić information content (AvgIpc) is 3.48. The molecular weight excluding hydrogens is 407 g/mol. The predicted molar refractivity (Wildman–Crippen MR) is 111 cm³/mol. The first kappa shape index (κ1) is 18.2.